The van der Waals surface area contributed by atoms with Gasteiger partial charge in [0.2, 0.25) is 5.91 Å². The number of aromatic nitrogens is 2. The predicted octanol–water partition coefficient (Wildman–Crippen LogP) is 3.65. The maximum atomic E-state index is 13.4. The number of hydrogen-bond acceptors (Lipinski definition) is 6. The molecule has 2 fully saturated rings. The summed E-state index contributed by atoms with van der Waals surface area (Å²) in [7, 11) is 1.92. The molecule has 2 saturated heterocycles. The number of ether oxygens (including phenoxy) is 1. The van der Waals surface area contributed by atoms with Gasteiger partial charge in [-0.25, -0.2) is 4.63 Å². The minimum absolute atomic E-state index is 0.0786. The molecule has 2 amide bonds. The molecule has 3 heterocycles. The Morgan fingerprint density at radius 2 is 1.80 bits per heavy atom. The molecule has 0 radical (unpaired) electrons. The largest absolute Gasteiger partial charge is 0.486 e. The monoisotopic (exact) mass is 474 g/mol. The molecule has 8 heteroatoms. The van der Waals surface area contributed by atoms with Crippen LogP contribution in [0, 0.1) is 12.3 Å². The fraction of sp³-hybridized carbons (Fsp3) is 0.407. The van der Waals surface area contributed by atoms with Gasteiger partial charge in [-0.2, -0.15) is 0 Å². The lowest BCUT2D eigenvalue weighted by molar-refractivity contribution is -0.137. The van der Waals surface area contributed by atoms with Crippen LogP contribution in [-0.2, 0) is 17.8 Å². The highest BCUT2D eigenvalue weighted by Crippen LogP contribution is 2.45. The van der Waals surface area contributed by atoms with Crippen LogP contribution >= 0.6 is 0 Å². The first-order chi connectivity index (χ1) is 17.0. The van der Waals surface area contributed by atoms with Gasteiger partial charge < -0.3 is 14.5 Å². The summed E-state index contributed by atoms with van der Waals surface area (Å²) in [6, 6.07) is 17.7. The number of para-hydroxylation sites is 1. The first-order valence-electron chi connectivity index (χ1n) is 12.1. The molecule has 182 valence electrons. The highest BCUT2D eigenvalue weighted by molar-refractivity contribution is 5.97. The van der Waals surface area contributed by atoms with Crippen LogP contribution in [-0.4, -0.2) is 58.1 Å². The number of benzene rings is 2. The van der Waals surface area contributed by atoms with Gasteiger partial charge in [-0.1, -0.05) is 52.8 Å². The summed E-state index contributed by atoms with van der Waals surface area (Å²) in [4.78, 5) is 30.5. The SMILES string of the molecule is Cc1nonc1COc1ccccc1C(=O)N1CCC2(CC1)CC(Cc1ccccc1)N(C)C2=O. The van der Waals surface area contributed by atoms with Gasteiger partial charge in [0.25, 0.3) is 5.91 Å². The predicted molar refractivity (Wildman–Crippen MR) is 129 cm³/mol. The van der Waals surface area contributed by atoms with Crippen molar-refractivity contribution in [3.63, 3.8) is 0 Å². The first kappa shape index (κ1) is 23.1. The zero-order chi connectivity index (χ0) is 24.4. The zero-order valence-corrected chi connectivity index (χ0v) is 20.1. The Balaban J connectivity index is 1.24. The molecule has 1 unspecified atom stereocenters. The van der Waals surface area contributed by atoms with Crippen molar-refractivity contribution in [1.82, 2.24) is 20.1 Å². The second-order valence-corrected chi connectivity index (χ2v) is 9.62. The van der Waals surface area contributed by atoms with Crippen LogP contribution in [0.1, 0.15) is 46.6 Å². The van der Waals surface area contributed by atoms with E-state index in [1.54, 1.807) is 19.1 Å². The summed E-state index contributed by atoms with van der Waals surface area (Å²) in [6.07, 6.45) is 3.06. The van der Waals surface area contributed by atoms with E-state index in [0.29, 0.717) is 48.6 Å². The fourth-order valence-electron chi connectivity index (χ4n) is 5.33. The molecule has 2 aliphatic heterocycles. The molecule has 2 aliphatic rings. The van der Waals surface area contributed by atoms with E-state index in [2.05, 4.69) is 22.4 Å². The Bertz CT molecular complexity index is 1200. The molecule has 0 bridgehead atoms. The molecule has 2 aromatic carbocycles. The molecule has 1 aromatic heterocycles. The lowest BCUT2D eigenvalue weighted by atomic mass is 9.75. The lowest BCUT2D eigenvalue weighted by Gasteiger charge is -2.38. The number of carbonyl (C=O) groups excluding carboxylic acids is 2. The number of aryl methyl sites for hydroxylation is 1. The van der Waals surface area contributed by atoms with Gasteiger partial charge in [0.05, 0.1) is 11.0 Å². The van der Waals surface area contributed by atoms with Gasteiger partial charge in [-0.05, 0) is 50.3 Å². The van der Waals surface area contributed by atoms with E-state index in [4.69, 9.17) is 9.37 Å². The van der Waals surface area contributed by atoms with Crippen LogP contribution in [0.4, 0.5) is 0 Å². The molecule has 0 N–H and O–H groups in total. The first-order valence-corrected chi connectivity index (χ1v) is 12.1. The van der Waals surface area contributed by atoms with Crippen LogP contribution in [0.2, 0.25) is 0 Å². The van der Waals surface area contributed by atoms with Crippen molar-refractivity contribution in [3.8, 4) is 5.75 Å². The summed E-state index contributed by atoms with van der Waals surface area (Å²) >= 11 is 0. The quantitative estimate of drug-likeness (QED) is 0.542. The van der Waals surface area contributed by atoms with Crippen molar-refractivity contribution >= 4 is 11.8 Å². The van der Waals surface area contributed by atoms with Crippen molar-refractivity contribution in [2.45, 2.75) is 45.3 Å². The van der Waals surface area contributed by atoms with Gasteiger partial charge in [0, 0.05) is 26.2 Å². The summed E-state index contributed by atoms with van der Waals surface area (Å²) in [5.41, 5.74) is 2.63. The topological polar surface area (TPSA) is 88.8 Å². The van der Waals surface area contributed by atoms with Crippen LogP contribution in [0.3, 0.4) is 0 Å². The number of hydrogen-bond donors (Lipinski definition) is 0. The zero-order valence-electron chi connectivity index (χ0n) is 20.1. The number of piperidine rings is 1. The standard InChI is InChI=1S/C27H30N4O4/c1-19-23(29-35-28-19)18-34-24-11-7-6-10-22(24)25(32)31-14-12-27(13-15-31)17-21(30(2)26(27)33)16-20-8-4-3-5-9-20/h3-11,21H,12-18H2,1-2H3. The minimum Gasteiger partial charge on any atom is -0.486 e. The number of likely N-dealkylation sites (tertiary alicyclic amines) is 2. The number of amides is 2. The summed E-state index contributed by atoms with van der Waals surface area (Å²) in [5.74, 6) is 0.635. The lowest BCUT2D eigenvalue weighted by Crippen LogP contribution is -2.46. The third-order valence-corrected chi connectivity index (χ3v) is 7.50. The van der Waals surface area contributed by atoms with Crippen LogP contribution < -0.4 is 4.74 Å². The third kappa shape index (κ3) is 4.52. The number of rotatable bonds is 6. The van der Waals surface area contributed by atoms with Crippen LogP contribution in [0.5, 0.6) is 5.75 Å². The Kier molecular flexibility index (Phi) is 6.28. The average Bonchev–Trinajstić information content (AvgIpc) is 3.40. The van der Waals surface area contributed by atoms with Gasteiger partial charge >= 0.3 is 0 Å². The average molecular weight is 475 g/mol. The van der Waals surface area contributed by atoms with Crippen LogP contribution in [0.25, 0.3) is 0 Å². The summed E-state index contributed by atoms with van der Waals surface area (Å²) in [6.45, 7) is 3.07. The Hall–Kier alpha value is -3.68. The molecule has 1 spiro atoms. The van der Waals surface area contributed by atoms with Crippen molar-refractivity contribution in [2.24, 2.45) is 5.41 Å². The number of likely N-dealkylation sites (N-methyl/N-ethyl adjacent to an activating group) is 1. The molecule has 3 aromatic rings. The molecule has 8 nitrogen and oxygen atoms in total. The highest BCUT2D eigenvalue weighted by atomic mass is 16.6. The molecule has 0 aliphatic carbocycles. The Morgan fingerprint density at radius 1 is 1.09 bits per heavy atom. The fourth-order valence-corrected chi connectivity index (χ4v) is 5.33. The highest BCUT2D eigenvalue weighted by Gasteiger charge is 2.51. The van der Waals surface area contributed by atoms with Crippen molar-refractivity contribution < 1.29 is 19.0 Å². The number of carbonyl (C=O) groups is 2. The van der Waals surface area contributed by atoms with E-state index in [-0.39, 0.29) is 29.9 Å². The second-order valence-electron chi connectivity index (χ2n) is 9.62. The second kappa shape index (κ2) is 9.52. The summed E-state index contributed by atoms with van der Waals surface area (Å²) in [5, 5.41) is 7.60. The van der Waals surface area contributed by atoms with E-state index < -0.39 is 0 Å². The third-order valence-electron chi connectivity index (χ3n) is 7.50. The van der Waals surface area contributed by atoms with Gasteiger partial charge in [-0.15, -0.1) is 0 Å². The molecule has 35 heavy (non-hydrogen) atoms. The van der Waals surface area contributed by atoms with E-state index in [1.165, 1.54) is 5.56 Å². The molecular weight excluding hydrogens is 444 g/mol. The van der Waals surface area contributed by atoms with E-state index in [0.717, 1.165) is 12.8 Å². The summed E-state index contributed by atoms with van der Waals surface area (Å²) < 4.78 is 10.6. The minimum atomic E-state index is -0.377. The van der Waals surface area contributed by atoms with Gasteiger partial charge in [0.15, 0.2) is 0 Å². The van der Waals surface area contributed by atoms with Gasteiger partial charge in [-0.3, -0.25) is 9.59 Å². The molecule has 5 rings (SSSR count). The Morgan fingerprint density at radius 3 is 2.51 bits per heavy atom. The Labute approximate surface area is 204 Å². The normalized spacial score (nSPS) is 19.4. The maximum Gasteiger partial charge on any atom is 0.257 e. The van der Waals surface area contributed by atoms with Crippen molar-refractivity contribution in [2.75, 3.05) is 20.1 Å². The van der Waals surface area contributed by atoms with Crippen LogP contribution in [0.15, 0.2) is 59.2 Å². The van der Waals surface area contributed by atoms with Crippen molar-refractivity contribution in [1.29, 1.82) is 0 Å². The van der Waals surface area contributed by atoms with Gasteiger partial charge in [0.1, 0.15) is 23.7 Å². The molecule has 1 atom stereocenters. The number of nitrogens with zero attached hydrogens (tertiary/aromatic N) is 4. The maximum absolute atomic E-state index is 13.4. The van der Waals surface area contributed by atoms with E-state index in [1.807, 2.05) is 47.2 Å². The van der Waals surface area contributed by atoms with Crippen molar-refractivity contribution in [3.05, 3.63) is 77.1 Å². The molecule has 0 saturated carbocycles. The van der Waals surface area contributed by atoms with E-state index >= 15 is 0 Å². The smallest absolute Gasteiger partial charge is 0.257 e. The molecular formula is C27H30N4O4. The van der Waals surface area contributed by atoms with E-state index in [9.17, 15) is 9.59 Å².